The van der Waals surface area contributed by atoms with Gasteiger partial charge in [-0.2, -0.15) is 0 Å². The van der Waals surface area contributed by atoms with Gasteiger partial charge in [-0.3, -0.25) is 4.79 Å². The first-order valence-electron chi connectivity index (χ1n) is 5.74. The summed E-state index contributed by atoms with van der Waals surface area (Å²) < 4.78 is 5.60. The summed E-state index contributed by atoms with van der Waals surface area (Å²) in [6.07, 6.45) is 0.854. The zero-order chi connectivity index (χ0) is 12.6. The van der Waals surface area contributed by atoms with Crippen molar-refractivity contribution in [2.24, 2.45) is 0 Å². The molecule has 0 spiro atoms. The van der Waals surface area contributed by atoms with E-state index in [4.69, 9.17) is 4.74 Å². The second kappa shape index (κ2) is 6.87. The van der Waals surface area contributed by atoms with Crippen molar-refractivity contribution in [1.29, 1.82) is 0 Å². The summed E-state index contributed by atoms with van der Waals surface area (Å²) in [4.78, 5) is 11.7. The largest absolute Gasteiger partial charge is 0.493 e. The first kappa shape index (κ1) is 12.7. The Balaban J connectivity index is 1.73. The predicted octanol–water partition coefficient (Wildman–Crippen LogP) is 3.67. The van der Waals surface area contributed by atoms with E-state index in [-0.39, 0.29) is 0 Å². The average Bonchev–Trinajstić information content (AvgIpc) is 2.45. The number of ether oxygens (including phenoxy) is 1. The molecule has 0 atom stereocenters. The quantitative estimate of drug-likeness (QED) is 0.449. The zero-order valence-electron chi connectivity index (χ0n) is 9.91. The van der Waals surface area contributed by atoms with Gasteiger partial charge >= 0.3 is 0 Å². The fraction of sp³-hybridized carbons (Fsp3) is 0.133. The topological polar surface area (TPSA) is 26.3 Å². The maximum absolute atomic E-state index is 10.5. The molecule has 0 aliphatic heterocycles. The molecule has 0 radical (unpaired) electrons. The standard InChI is InChI=1S/C15H14O2S/c16-12-13-6-8-15(9-7-13)18-11-10-17-14-4-2-1-3-5-14/h1-9,12H,10-11H2. The molecule has 3 heteroatoms. The molecule has 0 bridgehead atoms. The molecule has 18 heavy (non-hydrogen) atoms. The number of hydrogen-bond acceptors (Lipinski definition) is 3. The highest BCUT2D eigenvalue weighted by Gasteiger charge is 1.96. The van der Waals surface area contributed by atoms with Gasteiger partial charge in [-0.15, -0.1) is 11.8 Å². The number of rotatable bonds is 6. The van der Waals surface area contributed by atoms with Crippen LogP contribution in [0.4, 0.5) is 0 Å². The van der Waals surface area contributed by atoms with Crippen LogP contribution in [0.3, 0.4) is 0 Å². The summed E-state index contributed by atoms with van der Waals surface area (Å²) in [5, 5.41) is 0. The predicted molar refractivity (Wildman–Crippen MR) is 74.5 cm³/mol. The third-order valence-corrected chi connectivity index (χ3v) is 3.36. The third kappa shape index (κ3) is 3.93. The molecular formula is C15H14O2S. The van der Waals surface area contributed by atoms with Gasteiger partial charge < -0.3 is 4.74 Å². The molecule has 2 aromatic carbocycles. The van der Waals surface area contributed by atoms with E-state index in [0.717, 1.165) is 22.7 Å². The minimum absolute atomic E-state index is 0.671. The number of para-hydroxylation sites is 1. The van der Waals surface area contributed by atoms with E-state index in [1.165, 1.54) is 0 Å². The lowest BCUT2D eigenvalue weighted by atomic mass is 10.2. The number of carbonyl (C=O) groups excluding carboxylic acids is 1. The summed E-state index contributed by atoms with van der Waals surface area (Å²) in [5.41, 5.74) is 0.708. The van der Waals surface area contributed by atoms with Crippen LogP contribution in [0.25, 0.3) is 0 Å². The lowest BCUT2D eigenvalue weighted by molar-refractivity contribution is 0.112. The second-order valence-electron chi connectivity index (χ2n) is 3.70. The molecule has 0 unspecified atom stereocenters. The summed E-state index contributed by atoms with van der Waals surface area (Å²) in [6.45, 7) is 0.671. The fourth-order valence-electron chi connectivity index (χ4n) is 1.48. The van der Waals surface area contributed by atoms with Crippen molar-refractivity contribution in [3.8, 4) is 5.75 Å². The van der Waals surface area contributed by atoms with Crippen molar-refractivity contribution in [3.63, 3.8) is 0 Å². The molecule has 2 nitrogen and oxygen atoms in total. The molecule has 0 saturated heterocycles. The number of aldehydes is 1. The van der Waals surface area contributed by atoms with Gasteiger partial charge in [0, 0.05) is 16.2 Å². The van der Waals surface area contributed by atoms with Gasteiger partial charge in [-0.25, -0.2) is 0 Å². The molecule has 0 amide bonds. The Labute approximate surface area is 111 Å². The molecule has 0 saturated carbocycles. The first-order chi connectivity index (χ1) is 8.88. The molecule has 0 aliphatic carbocycles. The Morgan fingerprint density at radius 3 is 2.39 bits per heavy atom. The van der Waals surface area contributed by atoms with Gasteiger partial charge in [0.2, 0.25) is 0 Å². The maximum atomic E-state index is 10.5. The summed E-state index contributed by atoms with van der Waals surface area (Å²) in [6, 6.07) is 17.3. The SMILES string of the molecule is O=Cc1ccc(SCCOc2ccccc2)cc1. The van der Waals surface area contributed by atoms with Crippen molar-refractivity contribution >= 4 is 18.0 Å². The first-order valence-corrected chi connectivity index (χ1v) is 6.73. The van der Waals surface area contributed by atoms with Crippen LogP contribution in [-0.2, 0) is 0 Å². The van der Waals surface area contributed by atoms with Crippen LogP contribution in [0.2, 0.25) is 0 Å². The molecule has 0 aliphatic rings. The zero-order valence-corrected chi connectivity index (χ0v) is 10.7. The van der Waals surface area contributed by atoms with Gasteiger partial charge in [0.25, 0.3) is 0 Å². The second-order valence-corrected chi connectivity index (χ2v) is 4.87. The van der Waals surface area contributed by atoms with E-state index in [0.29, 0.717) is 12.2 Å². The van der Waals surface area contributed by atoms with Crippen LogP contribution in [0, 0.1) is 0 Å². The Bertz CT molecular complexity index is 480. The fourth-order valence-corrected chi connectivity index (χ4v) is 2.21. The lowest BCUT2D eigenvalue weighted by Gasteiger charge is -2.05. The molecule has 0 fully saturated rings. The molecule has 0 N–H and O–H groups in total. The van der Waals surface area contributed by atoms with Gasteiger partial charge in [-0.1, -0.05) is 30.3 Å². The van der Waals surface area contributed by atoms with Gasteiger partial charge in [0.1, 0.15) is 12.0 Å². The number of hydrogen-bond donors (Lipinski definition) is 0. The van der Waals surface area contributed by atoms with Crippen LogP contribution in [-0.4, -0.2) is 18.6 Å². The Morgan fingerprint density at radius 2 is 1.72 bits per heavy atom. The lowest BCUT2D eigenvalue weighted by Crippen LogP contribution is -1.99. The van der Waals surface area contributed by atoms with E-state index in [9.17, 15) is 4.79 Å². The number of benzene rings is 2. The Kier molecular flexibility index (Phi) is 4.85. The molecule has 0 heterocycles. The monoisotopic (exact) mass is 258 g/mol. The number of thioether (sulfide) groups is 1. The van der Waals surface area contributed by atoms with Crippen molar-refractivity contribution < 1.29 is 9.53 Å². The van der Waals surface area contributed by atoms with E-state index in [2.05, 4.69) is 0 Å². The van der Waals surface area contributed by atoms with E-state index >= 15 is 0 Å². The molecular weight excluding hydrogens is 244 g/mol. The highest BCUT2D eigenvalue weighted by atomic mass is 32.2. The van der Waals surface area contributed by atoms with E-state index < -0.39 is 0 Å². The van der Waals surface area contributed by atoms with Gasteiger partial charge in [-0.05, 0) is 24.3 Å². The Hall–Kier alpha value is -1.74. The number of carbonyl (C=O) groups is 1. The van der Waals surface area contributed by atoms with Crippen molar-refractivity contribution in [2.75, 3.05) is 12.4 Å². The Morgan fingerprint density at radius 1 is 1.00 bits per heavy atom. The van der Waals surface area contributed by atoms with Crippen LogP contribution < -0.4 is 4.74 Å². The van der Waals surface area contributed by atoms with Crippen molar-refractivity contribution in [1.82, 2.24) is 0 Å². The summed E-state index contributed by atoms with van der Waals surface area (Å²) in [5.74, 6) is 1.78. The molecule has 2 rings (SSSR count). The summed E-state index contributed by atoms with van der Waals surface area (Å²) >= 11 is 1.72. The van der Waals surface area contributed by atoms with Gasteiger partial charge in [0.05, 0.1) is 6.61 Å². The highest BCUT2D eigenvalue weighted by molar-refractivity contribution is 7.99. The molecule has 2 aromatic rings. The normalized spacial score (nSPS) is 10.0. The van der Waals surface area contributed by atoms with Crippen LogP contribution >= 0.6 is 11.8 Å². The average molecular weight is 258 g/mol. The molecule has 0 aromatic heterocycles. The highest BCUT2D eigenvalue weighted by Crippen LogP contribution is 2.18. The van der Waals surface area contributed by atoms with Crippen molar-refractivity contribution in [3.05, 3.63) is 60.2 Å². The molecule has 92 valence electrons. The van der Waals surface area contributed by atoms with E-state index in [1.54, 1.807) is 11.8 Å². The minimum Gasteiger partial charge on any atom is -0.493 e. The summed E-state index contributed by atoms with van der Waals surface area (Å²) in [7, 11) is 0. The maximum Gasteiger partial charge on any atom is 0.150 e. The van der Waals surface area contributed by atoms with E-state index in [1.807, 2.05) is 54.6 Å². The van der Waals surface area contributed by atoms with Crippen LogP contribution in [0.5, 0.6) is 5.75 Å². The minimum atomic E-state index is 0.671. The van der Waals surface area contributed by atoms with Gasteiger partial charge in [0.15, 0.2) is 0 Å². The van der Waals surface area contributed by atoms with Crippen LogP contribution in [0.1, 0.15) is 10.4 Å². The third-order valence-electron chi connectivity index (χ3n) is 2.38. The van der Waals surface area contributed by atoms with Crippen LogP contribution in [0.15, 0.2) is 59.5 Å². The van der Waals surface area contributed by atoms with Crippen molar-refractivity contribution in [2.45, 2.75) is 4.90 Å². The smallest absolute Gasteiger partial charge is 0.150 e.